The average molecular weight is 446 g/mol. The SMILES string of the molecule is COc1cccc(N(CC(=O)NC(C)c2ccc(N3CCCCC3)cc2)S(C)(=O)=O)c1. The van der Waals surface area contributed by atoms with E-state index in [-0.39, 0.29) is 18.5 Å². The molecular formula is C23H31N3O4S. The summed E-state index contributed by atoms with van der Waals surface area (Å²) in [5.74, 6) is 0.148. The van der Waals surface area contributed by atoms with Crippen molar-refractivity contribution in [1.29, 1.82) is 0 Å². The van der Waals surface area contributed by atoms with E-state index in [9.17, 15) is 13.2 Å². The van der Waals surface area contributed by atoms with E-state index in [1.165, 1.54) is 32.1 Å². The summed E-state index contributed by atoms with van der Waals surface area (Å²) in [4.78, 5) is 15.1. The normalized spacial score (nSPS) is 15.3. The van der Waals surface area contributed by atoms with Crippen LogP contribution in [0.3, 0.4) is 0 Å². The Bertz CT molecular complexity index is 986. The van der Waals surface area contributed by atoms with E-state index < -0.39 is 10.0 Å². The summed E-state index contributed by atoms with van der Waals surface area (Å²) in [5.41, 5.74) is 2.56. The summed E-state index contributed by atoms with van der Waals surface area (Å²) in [6.07, 6.45) is 4.82. The third-order valence-electron chi connectivity index (χ3n) is 5.52. The summed E-state index contributed by atoms with van der Waals surface area (Å²) in [6.45, 7) is 3.75. The predicted octanol–water partition coefficient (Wildman–Crippen LogP) is 3.33. The lowest BCUT2D eigenvalue weighted by molar-refractivity contribution is -0.120. The molecule has 0 aliphatic carbocycles. The molecule has 2 aromatic carbocycles. The fraction of sp³-hybridized carbons (Fsp3) is 0.435. The highest BCUT2D eigenvalue weighted by molar-refractivity contribution is 7.92. The molecule has 0 spiro atoms. The molecule has 0 aromatic heterocycles. The van der Waals surface area contributed by atoms with E-state index in [4.69, 9.17) is 4.74 Å². The van der Waals surface area contributed by atoms with Gasteiger partial charge in [-0.1, -0.05) is 18.2 Å². The molecule has 1 atom stereocenters. The van der Waals surface area contributed by atoms with Crippen LogP contribution >= 0.6 is 0 Å². The minimum atomic E-state index is -3.65. The molecule has 1 amide bonds. The zero-order chi connectivity index (χ0) is 22.4. The van der Waals surface area contributed by atoms with Crippen LogP contribution in [-0.4, -0.2) is 47.3 Å². The number of methoxy groups -OCH3 is 1. The second kappa shape index (κ2) is 10.0. The number of carbonyl (C=O) groups excluding carboxylic acids is 1. The molecule has 3 rings (SSSR count). The fourth-order valence-corrected chi connectivity index (χ4v) is 4.64. The van der Waals surface area contributed by atoms with Gasteiger partial charge in [0.2, 0.25) is 15.9 Å². The molecule has 1 aliphatic heterocycles. The molecule has 1 fully saturated rings. The number of hydrogen-bond donors (Lipinski definition) is 1. The van der Waals surface area contributed by atoms with Crippen LogP contribution in [-0.2, 0) is 14.8 Å². The average Bonchev–Trinajstić information content (AvgIpc) is 2.77. The van der Waals surface area contributed by atoms with Crippen LogP contribution in [0.5, 0.6) is 5.75 Å². The molecule has 31 heavy (non-hydrogen) atoms. The van der Waals surface area contributed by atoms with E-state index in [1.807, 2.05) is 19.1 Å². The Morgan fingerprint density at radius 1 is 1.13 bits per heavy atom. The van der Waals surface area contributed by atoms with Crippen molar-refractivity contribution in [2.24, 2.45) is 0 Å². The number of nitrogens with zero attached hydrogens (tertiary/aromatic N) is 2. The Balaban J connectivity index is 1.66. The number of hydrogen-bond acceptors (Lipinski definition) is 5. The van der Waals surface area contributed by atoms with Gasteiger partial charge in [0.1, 0.15) is 12.3 Å². The first-order valence-corrected chi connectivity index (χ1v) is 12.4. The number of benzene rings is 2. The number of sulfonamides is 1. The highest BCUT2D eigenvalue weighted by atomic mass is 32.2. The number of ether oxygens (including phenoxy) is 1. The Labute approximate surface area is 185 Å². The van der Waals surface area contributed by atoms with E-state index in [2.05, 4.69) is 22.3 Å². The smallest absolute Gasteiger partial charge is 0.241 e. The van der Waals surface area contributed by atoms with E-state index in [0.29, 0.717) is 11.4 Å². The Morgan fingerprint density at radius 3 is 2.42 bits per heavy atom. The molecule has 0 bridgehead atoms. The van der Waals surface area contributed by atoms with Crippen LogP contribution in [0.1, 0.15) is 37.8 Å². The molecule has 8 heteroatoms. The Kier molecular flexibility index (Phi) is 7.43. The maximum Gasteiger partial charge on any atom is 0.241 e. The van der Waals surface area contributed by atoms with Crippen molar-refractivity contribution in [2.45, 2.75) is 32.2 Å². The molecule has 168 valence electrons. The van der Waals surface area contributed by atoms with Gasteiger partial charge in [-0.25, -0.2) is 8.42 Å². The van der Waals surface area contributed by atoms with Crippen molar-refractivity contribution in [1.82, 2.24) is 5.32 Å². The third kappa shape index (κ3) is 6.13. The van der Waals surface area contributed by atoms with Gasteiger partial charge in [-0.2, -0.15) is 0 Å². The first kappa shape index (κ1) is 22.9. The van der Waals surface area contributed by atoms with Crippen LogP contribution in [0.25, 0.3) is 0 Å². The molecule has 1 heterocycles. The van der Waals surface area contributed by atoms with Crippen molar-refractivity contribution in [3.05, 3.63) is 54.1 Å². The number of rotatable bonds is 8. The van der Waals surface area contributed by atoms with Gasteiger partial charge < -0.3 is 15.0 Å². The van der Waals surface area contributed by atoms with Gasteiger partial charge in [-0.3, -0.25) is 9.10 Å². The van der Waals surface area contributed by atoms with Gasteiger partial charge in [0.05, 0.1) is 25.1 Å². The summed E-state index contributed by atoms with van der Waals surface area (Å²) < 4.78 is 30.9. The first-order valence-electron chi connectivity index (χ1n) is 10.5. The molecule has 0 saturated carbocycles. The minimum Gasteiger partial charge on any atom is -0.497 e. The standard InChI is InChI=1S/C23H31N3O4S/c1-18(19-10-12-20(13-11-19)25-14-5-4-6-15-25)24-23(27)17-26(31(3,28)29)21-8-7-9-22(16-21)30-2/h7-13,16,18H,4-6,14-15,17H2,1-3H3,(H,24,27). The minimum absolute atomic E-state index is 0.241. The quantitative estimate of drug-likeness (QED) is 0.674. The van der Waals surface area contributed by atoms with Gasteiger partial charge in [0, 0.05) is 24.8 Å². The van der Waals surface area contributed by atoms with Crippen molar-refractivity contribution >= 4 is 27.3 Å². The number of amides is 1. The molecule has 1 N–H and O–H groups in total. The zero-order valence-electron chi connectivity index (χ0n) is 18.4. The Morgan fingerprint density at radius 2 is 1.81 bits per heavy atom. The molecule has 1 aliphatic rings. The summed E-state index contributed by atoms with van der Waals surface area (Å²) >= 11 is 0. The molecule has 2 aromatic rings. The molecular weight excluding hydrogens is 414 g/mol. The lowest BCUT2D eigenvalue weighted by Gasteiger charge is -2.29. The molecule has 1 saturated heterocycles. The zero-order valence-corrected chi connectivity index (χ0v) is 19.2. The van der Waals surface area contributed by atoms with Crippen LogP contribution in [0, 0.1) is 0 Å². The van der Waals surface area contributed by atoms with Crippen molar-refractivity contribution in [3.63, 3.8) is 0 Å². The van der Waals surface area contributed by atoms with E-state index >= 15 is 0 Å². The second-order valence-corrected chi connectivity index (χ2v) is 9.81. The van der Waals surface area contributed by atoms with Gasteiger partial charge in [0.25, 0.3) is 0 Å². The molecule has 1 unspecified atom stereocenters. The number of nitrogens with one attached hydrogen (secondary N) is 1. The van der Waals surface area contributed by atoms with Crippen LogP contribution < -0.4 is 19.3 Å². The monoisotopic (exact) mass is 445 g/mol. The second-order valence-electron chi connectivity index (χ2n) is 7.90. The topological polar surface area (TPSA) is 79.0 Å². The largest absolute Gasteiger partial charge is 0.497 e. The molecule has 7 nitrogen and oxygen atoms in total. The maximum absolute atomic E-state index is 12.7. The molecule has 0 radical (unpaired) electrons. The van der Waals surface area contributed by atoms with Crippen LogP contribution in [0.4, 0.5) is 11.4 Å². The van der Waals surface area contributed by atoms with Gasteiger partial charge in [0.15, 0.2) is 0 Å². The first-order chi connectivity index (χ1) is 14.8. The van der Waals surface area contributed by atoms with Gasteiger partial charge >= 0.3 is 0 Å². The predicted molar refractivity (Wildman–Crippen MR) is 124 cm³/mol. The number of anilines is 2. The van der Waals surface area contributed by atoms with Crippen LogP contribution in [0.15, 0.2) is 48.5 Å². The summed E-state index contributed by atoms with van der Waals surface area (Å²) in [5, 5.41) is 2.91. The maximum atomic E-state index is 12.7. The lowest BCUT2D eigenvalue weighted by atomic mass is 10.1. The summed E-state index contributed by atoms with van der Waals surface area (Å²) in [7, 11) is -2.14. The van der Waals surface area contributed by atoms with Crippen molar-refractivity contribution in [3.8, 4) is 5.75 Å². The van der Waals surface area contributed by atoms with Crippen molar-refractivity contribution < 1.29 is 17.9 Å². The van der Waals surface area contributed by atoms with Gasteiger partial charge in [-0.15, -0.1) is 0 Å². The highest BCUT2D eigenvalue weighted by Crippen LogP contribution is 2.24. The Hall–Kier alpha value is -2.74. The number of carbonyl (C=O) groups is 1. The van der Waals surface area contributed by atoms with E-state index in [1.54, 1.807) is 24.3 Å². The number of piperidine rings is 1. The van der Waals surface area contributed by atoms with Crippen LogP contribution in [0.2, 0.25) is 0 Å². The third-order valence-corrected chi connectivity index (χ3v) is 6.66. The van der Waals surface area contributed by atoms with Gasteiger partial charge in [-0.05, 0) is 56.0 Å². The highest BCUT2D eigenvalue weighted by Gasteiger charge is 2.22. The fourth-order valence-electron chi connectivity index (χ4n) is 3.79. The van der Waals surface area contributed by atoms with E-state index in [0.717, 1.165) is 29.2 Å². The lowest BCUT2D eigenvalue weighted by Crippen LogP contribution is -2.41. The van der Waals surface area contributed by atoms with Crippen molar-refractivity contribution in [2.75, 3.05) is 42.2 Å². The summed E-state index contributed by atoms with van der Waals surface area (Å²) in [6, 6.07) is 14.6.